The van der Waals surface area contributed by atoms with Gasteiger partial charge in [-0.1, -0.05) is 12.1 Å². The van der Waals surface area contributed by atoms with E-state index in [9.17, 15) is 8.42 Å². The quantitative estimate of drug-likeness (QED) is 0.829. The van der Waals surface area contributed by atoms with Crippen LogP contribution in [0.25, 0.3) is 0 Å². The molecule has 0 spiro atoms. The Morgan fingerprint density at radius 2 is 1.85 bits per heavy atom. The zero-order chi connectivity index (χ0) is 14.9. The molecule has 0 bridgehead atoms. The highest BCUT2D eigenvalue weighted by molar-refractivity contribution is 9.10. The Hall–Kier alpha value is -1.53. The molecule has 2 rings (SSSR count). The minimum Gasteiger partial charge on any atom is -0.398 e. The fourth-order valence-electron chi connectivity index (χ4n) is 1.79. The van der Waals surface area contributed by atoms with Crippen molar-refractivity contribution in [3.63, 3.8) is 0 Å². The molecule has 0 aliphatic carbocycles. The van der Waals surface area contributed by atoms with Gasteiger partial charge in [-0.25, -0.2) is 8.42 Å². The van der Waals surface area contributed by atoms with Gasteiger partial charge in [0.05, 0.1) is 5.69 Å². The molecule has 0 aliphatic heterocycles. The third-order valence-corrected chi connectivity index (χ3v) is 5.34. The number of halogens is 1. The highest BCUT2D eigenvalue weighted by Gasteiger charge is 2.18. The molecule has 0 aliphatic rings. The van der Waals surface area contributed by atoms with Crippen LogP contribution in [0.3, 0.4) is 0 Å². The van der Waals surface area contributed by atoms with Gasteiger partial charge in [-0.05, 0) is 65.2 Å². The second kappa shape index (κ2) is 5.46. The average Bonchev–Trinajstić information content (AvgIpc) is 2.34. The molecule has 20 heavy (non-hydrogen) atoms. The van der Waals surface area contributed by atoms with Gasteiger partial charge in [-0.15, -0.1) is 0 Å². The molecular weight excluding hydrogens is 340 g/mol. The van der Waals surface area contributed by atoms with Gasteiger partial charge in [-0.3, -0.25) is 4.72 Å². The Balaban J connectivity index is 2.44. The SMILES string of the molecule is Cc1ccc(S(=O)(=O)Nc2cccc(N)c2C)c(Br)c1. The summed E-state index contributed by atoms with van der Waals surface area (Å²) < 4.78 is 27.9. The van der Waals surface area contributed by atoms with Crippen molar-refractivity contribution in [2.75, 3.05) is 10.5 Å². The molecule has 0 amide bonds. The summed E-state index contributed by atoms with van der Waals surface area (Å²) in [7, 11) is -3.65. The molecule has 0 radical (unpaired) electrons. The lowest BCUT2D eigenvalue weighted by Crippen LogP contribution is -2.14. The predicted molar refractivity (Wildman–Crippen MR) is 85.3 cm³/mol. The van der Waals surface area contributed by atoms with E-state index in [-0.39, 0.29) is 4.90 Å². The molecule has 2 aromatic carbocycles. The molecular formula is C14H15BrN2O2S. The van der Waals surface area contributed by atoms with E-state index < -0.39 is 10.0 Å². The van der Waals surface area contributed by atoms with E-state index in [1.165, 1.54) is 0 Å². The molecule has 0 saturated carbocycles. The largest absolute Gasteiger partial charge is 0.398 e. The molecule has 0 heterocycles. The number of nitrogens with two attached hydrogens (primary N) is 1. The predicted octanol–water partition coefficient (Wildman–Crippen LogP) is 3.45. The summed E-state index contributed by atoms with van der Waals surface area (Å²) in [6.07, 6.45) is 0. The number of aryl methyl sites for hydroxylation is 1. The van der Waals surface area contributed by atoms with Crippen LogP contribution >= 0.6 is 15.9 Å². The molecule has 3 N–H and O–H groups in total. The van der Waals surface area contributed by atoms with Gasteiger partial charge >= 0.3 is 0 Å². The first-order valence-electron chi connectivity index (χ1n) is 5.95. The normalized spacial score (nSPS) is 11.3. The highest BCUT2D eigenvalue weighted by atomic mass is 79.9. The molecule has 0 aromatic heterocycles. The van der Waals surface area contributed by atoms with Gasteiger partial charge in [0.15, 0.2) is 0 Å². The molecule has 0 atom stereocenters. The van der Waals surface area contributed by atoms with Crippen LogP contribution in [0.2, 0.25) is 0 Å². The van der Waals surface area contributed by atoms with E-state index in [1.807, 2.05) is 6.92 Å². The van der Waals surface area contributed by atoms with Crippen LogP contribution in [-0.4, -0.2) is 8.42 Å². The lowest BCUT2D eigenvalue weighted by atomic mass is 10.2. The minimum absolute atomic E-state index is 0.199. The van der Waals surface area contributed by atoms with Gasteiger partial charge < -0.3 is 5.73 Å². The Bertz CT molecular complexity index is 758. The van der Waals surface area contributed by atoms with Crippen molar-refractivity contribution < 1.29 is 8.42 Å². The fraction of sp³-hybridized carbons (Fsp3) is 0.143. The van der Waals surface area contributed by atoms with Crippen molar-refractivity contribution in [3.05, 3.63) is 52.0 Å². The first-order valence-corrected chi connectivity index (χ1v) is 8.23. The van der Waals surface area contributed by atoms with Crippen LogP contribution in [0.15, 0.2) is 45.8 Å². The van der Waals surface area contributed by atoms with E-state index in [1.54, 1.807) is 43.3 Å². The van der Waals surface area contributed by atoms with Crippen molar-refractivity contribution in [1.82, 2.24) is 0 Å². The van der Waals surface area contributed by atoms with E-state index in [2.05, 4.69) is 20.7 Å². The summed E-state index contributed by atoms with van der Waals surface area (Å²) >= 11 is 3.29. The number of sulfonamides is 1. The van der Waals surface area contributed by atoms with Crippen LogP contribution < -0.4 is 10.5 Å². The van der Waals surface area contributed by atoms with Crippen molar-refractivity contribution in [2.45, 2.75) is 18.7 Å². The number of rotatable bonds is 3. The van der Waals surface area contributed by atoms with Crippen LogP contribution in [0, 0.1) is 13.8 Å². The topological polar surface area (TPSA) is 72.2 Å². The van der Waals surface area contributed by atoms with E-state index in [0.717, 1.165) is 5.56 Å². The maximum absolute atomic E-state index is 12.4. The summed E-state index contributed by atoms with van der Waals surface area (Å²) in [5.41, 5.74) is 8.51. The number of benzene rings is 2. The van der Waals surface area contributed by atoms with E-state index >= 15 is 0 Å². The Kier molecular flexibility index (Phi) is 4.06. The van der Waals surface area contributed by atoms with Gasteiger partial charge in [-0.2, -0.15) is 0 Å². The molecule has 0 fully saturated rings. The number of anilines is 2. The summed E-state index contributed by atoms with van der Waals surface area (Å²) in [6, 6.07) is 10.2. The van der Waals surface area contributed by atoms with Crippen LogP contribution in [-0.2, 0) is 10.0 Å². The average molecular weight is 355 g/mol. The van der Waals surface area contributed by atoms with Crippen LogP contribution in [0.1, 0.15) is 11.1 Å². The molecule has 0 saturated heterocycles. The Labute approximate surface area is 127 Å². The monoisotopic (exact) mass is 354 g/mol. The zero-order valence-corrected chi connectivity index (χ0v) is 13.5. The first kappa shape index (κ1) is 14.9. The Morgan fingerprint density at radius 3 is 2.50 bits per heavy atom. The first-order chi connectivity index (χ1) is 9.31. The molecule has 2 aromatic rings. The minimum atomic E-state index is -3.65. The van der Waals surface area contributed by atoms with Crippen molar-refractivity contribution in [2.24, 2.45) is 0 Å². The van der Waals surface area contributed by atoms with E-state index in [0.29, 0.717) is 21.4 Å². The van der Waals surface area contributed by atoms with Crippen LogP contribution in [0.5, 0.6) is 0 Å². The van der Waals surface area contributed by atoms with Crippen LogP contribution in [0.4, 0.5) is 11.4 Å². The number of nitrogen functional groups attached to an aromatic ring is 1. The smallest absolute Gasteiger partial charge is 0.263 e. The molecule has 6 heteroatoms. The maximum Gasteiger partial charge on any atom is 0.263 e. The third-order valence-electron chi connectivity index (χ3n) is 3.00. The molecule has 0 unspecified atom stereocenters. The fourth-order valence-corrected chi connectivity index (χ4v) is 4.10. The number of hydrogen-bond acceptors (Lipinski definition) is 3. The lowest BCUT2D eigenvalue weighted by molar-refractivity contribution is 0.600. The van der Waals surface area contributed by atoms with Gasteiger partial charge in [0, 0.05) is 10.2 Å². The summed E-state index contributed by atoms with van der Waals surface area (Å²) in [6.45, 7) is 3.67. The summed E-state index contributed by atoms with van der Waals surface area (Å²) in [5, 5.41) is 0. The van der Waals surface area contributed by atoms with Crippen molar-refractivity contribution >= 4 is 37.3 Å². The second-order valence-corrected chi connectivity index (χ2v) is 7.06. The summed E-state index contributed by atoms with van der Waals surface area (Å²) in [4.78, 5) is 0.199. The lowest BCUT2D eigenvalue weighted by Gasteiger charge is -2.13. The maximum atomic E-state index is 12.4. The van der Waals surface area contributed by atoms with E-state index in [4.69, 9.17) is 5.73 Å². The third kappa shape index (κ3) is 2.96. The molecule has 106 valence electrons. The van der Waals surface area contributed by atoms with Gasteiger partial charge in [0.1, 0.15) is 4.90 Å². The Morgan fingerprint density at radius 1 is 1.15 bits per heavy atom. The van der Waals surface area contributed by atoms with Crippen molar-refractivity contribution in [3.8, 4) is 0 Å². The standard InChI is InChI=1S/C14H15BrN2O2S/c1-9-6-7-14(11(15)8-9)20(18,19)17-13-5-3-4-12(16)10(13)2/h3-8,17H,16H2,1-2H3. The highest BCUT2D eigenvalue weighted by Crippen LogP contribution is 2.27. The molecule has 4 nitrogen and oxygen atoms in total. The number of nitrogens with one attached hydrogen (secondary N) is 1. The van der Waals surface area contributed by atoms with Gasteiger partial charge in [0.2, 0.25) is 0 Å². The number of hydrogen-bond donors (Lipinski definition) is 2. The zero-order valence-electron chi connectivity index (χ0n) is 11.1. The summed E-state index contributed by atoms with van der Waals surface area (Å²) in [5.74, 6) is 0. The second-order valence-electron chi connectivity index (χ2n) is 4.56. The van der Waals surface area contributed by atoms with Crippen molar-refractivity contribution in [1.29, 1.82) is 0 Å². The van der Waals surface area contributed by atoms with Gasteiger partial charge in [0.25, 0.3) is 10.0 Å².